The third-order valence-corrected chi connectivity index (χ3v) is 5.49. The number of anilines is 2. The topological polar surface area (TPSA) is 80.9 Å². The highest BCUT2D eigenvalue weighted by atomic mass is 16.1. The van der Waals surface area contributed by atoms with E-state index in [0.29, 0.717) is 12.2 Å². The Kier molecular flexibility index (Phi) is 5.99. The number of hydrogen-bond donors (Lipinski definition) is 2. The summed E-state index contributed by atoms with van der Waals surface area (Å²) in [6, 6.07) is 28.4. The molecule has 32 heavy (non-hydrogen) atoms. The van der Waals surface area contributed by atoms with Crippen LogP contribution in [0.4, 0.5) is 11.5 Å². The van der Waals surface area contributed by atoms with Gasteiger partial charge in [-0.2, -0.15) is 0 Å². The first-order valence-corrected chi connectivity index (χ1v) is 10.6. The molecule has 160 valence electrons. The van der Waals surface area contributed by atoms with E-state index in [-0.39, 0.29) is 5.91 Å². The van der Waals surface area contributed by atoms with E-state index < -0.39 is 5.41 Å². The lowest BCUT2D eigenvalue weighted by molar-refractivity contribution is -0.125. The lowest BCUT2D eigenvalue weighted by Gasteiger charge is -2.20. The van der Waals surface area contributed by atoms with Crippen molar-refractivity contribution in [1.29, 1.82) is 0 Å². The second kappa shape index (κ2) is 9.02. The van der Waals surface area contributed by atoms with Gasteiger partial charge in [0.1, 0.15) is 12.1 Å². The Hall–Kier alpha value is -3.99. The van der Waals surface area contributed by atoms with Crippen molar-refractivity contribution in [2.24, 2.45) is 11.1 Å². The predicted octanol–water partition coefficient (Wildman–Crippen LogP) is 5.61. The minimum absolute atomic E-state index is 0.302. The molecule has 0 saturated heterocycles. The van der Waals surface area contributed by atoms with E-state index in [1.54, 1.807) is 6.33 Å². The molecule has 1 heterocycles. The third kappa shape index (κ3) is 4.83. The zero-order chi connectivity index (χ0) is 22.6. The highest BCUT2D eigenvalue weighted by molar-refractivity contribution is 5.82. The summed E-state index contributed by atoms with van der Waals surface area (Å²) >= 11 is 0. The van der Waals surface area contributed by atoms with Crippen LogP contribution in [0.5, 0.6) is 0 Å². The summed E-state index contributed by atoms with van der Waals surface area (Å²) in [6.45, 7) is 3.72. The van der Waals surface area contributed by atoms with E-state index in [2.05, 4.69) is 39.6 Å². The lowest BCUT2D eigenvalue weighted by atomic mass is 9.85. The molecule has 3 N–H and O–H groups in total. The van der Waals surface area contributed by atoms with Crippen LogP contribution >= 0.6 is 0 Å². The summed E-state index contributed by atoms with van der Waals surface area (Å²) < 4.78 is 0. The fourth-order valence-corrected chi connectivity index (χ4v) is 3.60. The number of nitrogens with two attached hydrogens (primary N) is 1. The van der Waals surface area contributed by atoms with Crippen LogP contribution in [0, 0.1) is 5.41 Å². The number of benzene rings is 3. The van der Waals surface area contributed by atoms with E-state index in [0.717, 1.165) is 33.6 Å². The molecular weight excluding hydrogens is 396 g/mol. The Morgan fingerprint density at radius 1 is 0.875 bits per heavy atom. The van der Waals surface area contributed by atoms with Crippen LogP contribution in [0.3, 0.4) is 0 Å². The van der Waals surface area contributed by atoms with Crippen LogP contribution in [0.15, 0.2) is 91.3 Å². The molecule has 0 radical (unpaired) electrons. The number of nitrogens with zero attached hydrogens (tertiary/aromatic N) is 2. The molecule has 0 bridgehead atoms. The molecule has 4 aromatic rings. The van der Waals surface area contributed by atoms with Crippen molar-refractivity contribution in [3.05, 3.63) is 96.8 Å². The largest absolute Gasteiger partial charge is 0.369 e. The van der Waals surface area contributed by atoms with Crippen LogP contribution < -0.4 is 11.1 Å². The van der Waals surface area contributed by atoms with Crippen LogP contribution in [-0.2, 0) is 11.2 Å². The molecule has 1 amide bonds. The maximum Gasteiger partial charge on any atom is 0.223 e. The second-order valence-electron chi connectivity index (χ2n) is 8.45. The molecule has 0 spiro atoms. The Morgan fingerprint density at radius 3 is 2.22 bits per heavy atom. The molecule has 5 nitrogen and oxygen atoms in total. The van der Waals surface area contributed by atoms with Crippen molar-refractivity contribution >= 4 is 17.4 Å². The number of nitrogens with one attached hydrogen (secondary N) is 1. The number of carbonyl (C=O) groups is 1. The highest BCUT2D eigenvalue weighted by Crippen LogP contribution is 2.31. The Bertz CT molecular complexity index is 1220. The zero-order valence-corrected chi connectivity index (χ0v) is 18.2. The fraction of sp³-hybridized carbons (Fsp3) is 0.148. The van der Waals surface area contributed by atoms with Crippen molar-refractivity contribution < 1.29 is 4.79 Å². The maximum atomic E-state index is 11.6. The zero-order valence-electron chi connectivity index (χ0n) is 18.2. The first-order chi connectivity index (χ1) is 15.4. The first kappa shape index (κ1) is 21.2. The molecule has 1 aromatic heterocycles. The minimum Gasteiger partial charge on any atom is -0.369 e. The lowest BCUT2D eigenvalue weighted by Crippen LogP contribution is -2.33. The van der Waals surface area contributed by atoms with Crippen molar-refractivity contribution in [2.75, 3.05) is 5.32 Å². The van der Waals surface area contributed by atoms with E-state index >= 15 is 0 Å². The van der Waals surface area contributed by atoms with Gasteiger partial charge in [0, 0.05) is 22.7 Å². The average Bonchev–Trinajstić information content (AvgIpc) is 2.81. The standard InChI is InChI=1S/C27H26N4O/c1-27(2,26(28)32)17-19-12-14-21(15-13-19)31-25-16-24(29-18-30-25)23-11-7-6-10-22(23)20-8-4-3-5-9-20/h3-16,18H,17H2,1-2H3,(H2,28,32)(H,29,30,31). The van der Waals surface area contributed by atoms with E-state index in [4.69, 9.17) is 5.73 Å². The van der Waals surface area contributed by atoms with Gasteiger partial charge in [-0.15, -0.1) is 0 Å². The SMILES string of the molecule is CC(C)(Cc1ccc(Nc2cc(-c3ccccc3-c3ccccc3)ncn2)cc1)C(N)=O. The molecule has 0 atom stereocenters. The smallest absolute Gasteiger partial charge is 0.223 e. The number of hydrogen-bond acceptors (Lipinski definition) is 4. The van der Waals surface area contributed by atoms with Gasteiger partial charge < -0.3 is 11.1 Å². The monoisotopic (exact) mass is 422 g/mol. The molecular formula is C27H26N4O. The highest BCUT2D eigenvalue weighted by Gasteiger charge is 2.25. The van der Waals surface area contributed by atoms with Crippen LogP contribution in [0.2, 0.25) is 0 Å². The van der Waals surface area contributed by atoms with Gasteiger partial charge in [0.25, 0.3) is 0 Å². The van der Waals surface area contributed by atoms with Gasteiger partial charge in [-0.25, -0.2) is 9.97 Å². The Balaban J connectivity index is 1.56. The van der Waals surface area contributed by atoms with Crippen LogP contribution in [0.25, 0.3) is 22.4 Å². The Morgan fingerprint density at radius 2 is 1.53 bits per heavy atom. The summed E-state index contributed by atoms with van der Waals surface area (Å²) in [5, 5.41) is 3.34. The third-order valence-electron chi connectivity index (χ3n) is 5.49. The van der Waals surface area contributed by atoms with Gasteiger partial charge >= 0.3 is 0 Å². The summed E-state index contributed by atoms with van der Waals surface area (Å²) in [7, 11) is 0. The summed E-state index contributed by atoms with van der Waals surface area (Å²) in [6.07, 6.45) is 2.17. The fourth-order valence-electron chi connectivity index (χ4n) is 3.60. The van der Waals surface area contributed by atoms with Crippen molar-refractivity contribution in [1.82, 2.24) is 9.97 Å². The van der Waals surface area contributed by atoms with Gasteiger partial charge in [0.05, 0.1) is 5.69 Å². The Labute approximate surface area is 188 Å². The molecule has 0 fully saturated rings. The molecule has 4 rings (SSSR count). The predicted molar refractivity (Wildman–Crippen MR) is 129 cm³/mol. The van der Waals surface area contributed by atoms with Crippen LogP contribution in [0.1, 0.15) is 19.4 Å². The number of rotatable bonds is 7. The number of primary amides is 1. The maximum absolute atomic E-state index is 11.6. The van der Waals surface area contributed by atoms with Crippen molar-refractivity contribution in [2.45, 2.75) is 20.3 Å². The van der Waals surface area contributed by atoms with Gasteiger partial charge in [0.2, 0.25) is 5.91 Å². The second-order valence-corrected chi connectivity index (χ2v) is 8.45. The van der Waals surface area contributed by atoms with E-state index in [9.17, 15) is 4.79 Å². The van der Waals surface area contributed by atoms with Gasteiger partial charge in [-0.3, -0.25) is 4.79 Å². The van der Waals surface area contributed by atoms with Crippen molar-refractivity contribution in [3.8, 4) is 22.4 Å². The normalized spacial score (nSPS) is 11.2. The summed E-state index contributed by atoms with van der Waals surface area (Å²) in [5.74, 6) is 0.409. The average molecular weight is 423 g/mol. The number of carbonyl (C=O) groups excluding carboxylic acids is 1. The first-order valence-electron chi connectivity index (χ1n) is 10.6. The quantitative estimate of drug-likeness (QED) is 0.406. The molecule has 0 saturated carbocycles. The summed E-state index contributed by atoms with van der Waals surface area (Å²) in [4.78, 5) is 20.5. The van der Waals surface area contributed by atoms with E-state index in [1.165, 1.54) is 0 Å². The molecule has 0 aliphatic rings. The number of aromatic nitrogens is 2. The number of amides is 1. The summed E-state index contributed by atoms with van der Waals surface area (Å²) in [5.41, 5.74) is 11.0. The molecule has 0 aliphatic heterocycles. The van der Waals surface area contributed by atoms with E-state index in [1.807, 2.05) is 74.5 Å². The van der Waals surface area contributed by atoms with Crippen molar-refractivity contribution in [3.63, 3.8) is 0 Å². The molecule has 0 unspecified atom stereocenters. The minimum atomic E-state index is -0.581. The van der Waals surface area contributed by atoms with Gasteiger partial charge in [0.15, 0.2) is 0 Å². The molecule has 0 aliphatic carbocycles. The molecule has 3 aromatic carbocycles. The van der Waals surface area contributed by atoms with Gasteiger partial charge in [-0.1, -0.05) is 80.6 Å². The molecule has 5 heteroatoms. The van der Waals surface area contributed by atoms with Gasteiger partial charge in [-0.05, 0) is 35.2 Å². The van der Waals surface area contributed by atoms with Crippen LogP contribution in [-0.4, -0.2) is 15.9 Å².